The highest BCUT2D eigenvalue weighted by molar-refractivity contribution is 6.16. The zero-order valence-electron chi connectivity index (χ0n) is 15.6. The second kappa shape index (κ2) is 5.29. The summed E-state index contributed by atoms with van der Waals surface area (Å²) in [5.74, 6) is 1.42. The van der Waals surface area contributed by atoms with Gasteiger partial charge in [0.1, 0.15) is 24.4 Å². The molecule has 4 aromatic carbocycles. The molecule has 1 aromatic heterocycles. The fourth-order valence-electron chi connectivity index (χ4n) is 4.64. The van der Waals surface area contributed by atoms with E-state index in [2.05, 4.69) is 35.8 Å². The van der Waals surface area contributed by atoms with Crippen LogP contribution in [0, 0.1) is 12.7 Å². The molecule has 0 saturated carbocycles. The van der Waals surface area contributed by atoms with Crippen molar-refractivity contribution in [2.24, 2.45) is 7.05 Å². The van der Waals surface area contributed by atoms with Crippen LogP contribution in [0.15, 0.2) is 66.9 Å². The minimum Gasteiger partial charge on any atom is -0.456 e. The lowest BCUT2D eigenvalue weighted by atomic mass is 9.90. The molecule has 3 heteroatoms. The number of aryl methyl sites for hydroxylation is 2. The van der Waals surface area contributed by atoms with Gasteiger partial charge in [-0.1, -0.05) is 36.4 Å². The Balaban J connectivity index is 1.86. The number of hydrogen-bond acceptors (Lipinski definition) is 1. The van der Waals surface area contributed by atoms with E-state index < -0.39 is 0 Å². The third kappa shape index (κ3) is 1.88. The quantitative estimate of drug-likeness (QED) is 0.231. The predicted octanol–water partition coefficient (Wildman–Crippen LogP) is 6.19. The highest BCUT2D eigenvalue weighted by Crippen LogP contribution is 2.49. The SMILES string of the molecule is Cc1c2c(cc3ccccc13)Oc1cc3cccc(F)c3c3cc[n+](C)c-2c13. The lowest BCUT2D eigenvalue weighted by Gasteiger charge is -2.22. The van der Waals surface area contributed by atoms with Gasteiger partial charge in [0.2, 0.25) is 5.69 Å². The molecule has 1 aliphatic rings. The molecule has 0 spiro atoms. The molecular formula is C25H17FNO+. The van der Waals surface area contributed by atoms with Crippen LogP contribution in [-0.4, -0.2) is 0 Å². The van der Waals surface area contributed by atoms with Gasteiger partial charge in [0.15, 0.2) is 6.20 Å². The van der Waals surface area contributed by atoms with E-state index in [4.69, 9.17) is 4.74 Å². The van der Waals surface area contributed by atoms with Gasteiger partial charge in [-0.3, -0.25) is 0 Å². The summed E-state index contributed by atoms with van der Waals surface area (Å²) < 4.78 is 23.3. The molecule has 2 heterocycles. The lowest BCUT2D eigenvalue weighted by molar-refractivity contribution is -0.659. The molecule has 28 heavy (non-hydrogen) atoms. The second-order valence-electron chi connectivity index (χ2n) is 7.47. The summed E-state index contributed by atoms with van der Waals surface area (Å²) in [5.41, 5.74) is 3.33. The highest BCUT2D eigenvalue weighted by Gasteiger charge is 2.31. The molecule has 0 amide bonds. The summed E-state index contributed by atoms with van der Waals surface area (Å²) in [6, 6.07) is 19.6. The smallest absolute Gasteiger partial charge is 0.228 e. The Morgan fingerprint density at radius 3 is 2.50 bits per heavy atom. The number of hydrogen-bond donors (Lipinski definition) is 0. The van der Waals surface area contributed by atoms with Crippen molar-refractivity contribution < 1.29 is 13.7 Å². The molecule has 1 aliphatic heterocycles. The topological polar surface area (TPSA) is 13.1 Å². The standard InChI is InChI=1S/C25H17FNO/c1-14-17-8-4-3-6-15(17)12-20-22(14)25-24-18(10-11-27(25)2)23-16(13-21(24)28-20)7-5-9-19(23)26/h3-13H,1-2H3/q+1. The van der Waals surface area contributed by atoms with Crippen LogP contribution in [0.1, 0.15) is 5.56 Å². The summed E-state index contributed by atoms with van der Waals surface area (Å²) >= 11 is 0. The fraction of sp³-hybridized carbons (Fsp3) is 0.0800. The molecular weight excluding hydrogens is 349 g/mol. The number of pyridine rings is 1. The van der Waals surface area contributed by atoms with Crippen LogP contribution < -0.4 is 9.30 Å². The first-order valence-electron chi connectivity index (χ1n) is 9.37. The Morgan fingerprint density at radius 1 is 0.821 bits per heavy atom. The molecule has 0 fully saturated rings. The molecule has 5 aromatic rings. The van der Waals surface area contributed by atoms with Gasteiger partial charge in [-0.05, 0) is 46.8 Å². The Morgan fingerprint density at radius 2 is 1.61 bits per heavy atom. The number of benzene rings is 4. The Kier molecular flexibility index (Phi) is 2.95. The lowest BCUT2D eigenvalue weighted by Crippen LogP contribution is -2.31. The molecule has 134 valence electrons. The van der Waals surface area contributed by atoms with E-state index in [1.807, 2.05) is 37.5 Å². The highest BCUT2D eigenvalue weighted by atomic mass is 19.1. The van der Waals surface area contributed by atoms with Gasteiger partial charge in [-0.15, -0.1) is 0 Å². The summed E-state index contributed by atoms with van der Waals surface area (Å²) in [4.78, 5) is 0. The minimum absolute atomic E-state index is 0.204. The molecule has 0 bridgehead atoms. The number of fused-ring (bicyclic) bond motifs is 5. The number of rotatable bonds is 0. The number of halogens is 1. The molecule has 2 nitrogen and oxygen atoms in total. The van der Waals surface area contributed by atoms with Crippen molar-refractivity contribution in [3.05, 3.63) is 78.2 Å². The van der Waals surface area contributed by atoms with Crippen LogP contribution in [0.2, 0.25) is 0 Å². The molecule has 0 atom stereocenters. The predicted molar refractivity (Wildman–Crippen MR) is 110 cm³/mol. The Labute approximate surface area is 161 Å². The Bertz CT molecular complexity index is 1470. The van der Waals surface area contributed by atoms with E-state index >= 15 is 0 Å². The van der Waals surface area contributed by atoms with Crippen LogP contribution in [0.4, 0.5) is 4.39 Å². The van der Waals surface area contributed by atoms with E-state index in [1.165, 1.54) is 17.0 Å². The molecule has 0 saturated heterocycles. The maximum Gasteiger partial charge on any atom is 0.228 e. The van der Waals surface area contributed by atoms with Gasteiger partial charge in [-0.2, -0.15) is 0 Å². The van der Waals surface area contributed by atoms with Gasteiger partial charge < -0.3 is 4.74 Å². The van der Waals surface area contributed by atoms with Gasteiger partial charge in [0.05, 0.1) is 10.9 Å². The molecule has 0 N–H and O–H groups in total. The first-order chi connectivity index (χ1) is 13.6. The number of aromatic nitrogens is 1. The maximum atomic E-state index is 14.7. The van der Waals surface area contributed by atoms with Crippen molar-refractivity contribution in [2.45, 2.75) is 6.92 Å². The third-order valence-corrected chi connectivity index (χ3v) is 5.90. The van der Waals surface area contributed by atoms with Crippen molar-refractivity contribution >= 4 is 32.3 Å². The van der Waals surface area contributed by atoms with Crippen molar-refractivity contribution in [1.29, 1.82) is 0 Å². The van der Waals surface area contributed by atoms with Crippen molar-refractivity contribution in [1.82, 2.24) is 0 Å². The first kappa shape index (κ1) is 15.6. The Hall–Kier alpha value is -3.46. The van der Waals surface area contributed by atoms with Crippen molar-refractivity contribution in [2.75, 3.05) is 0 Å². The van der Waals surface area contributed by atoms with Crippen molar-refractivity contribution in [3.63, 3.8) is 0 Å². The van der Waals surface area contributed by atoms with Crippen LogP contribution >= 0.6 is 0 Å². The monoisotopic (exact) mass is 366 g/mol. The zero-order chi connectivity index (χ0) is 19.0. The summed E-state index contributed by atoms with van der Waals surface area (Å²) in [6.07, 6.45) is 2.01. The average Bonchev–Trinajstić information content (AvgIpc) is 2.69. The van der Waals surface area contributed by atoms with Gasteiger partial charge in [0.25, 0.3) is 0 Å². The normalized spacial score (nSPS) is 12.4. The molecule has 0 radical (unpaired) electrons. The van der Waals surface area contributed by atoms with E-state index in [1.54, 1.807) is 6.07 Å². The fourth-order valence-corrected chi connectivity index (χ4v) is 4.64. The van der Waals surface area contributed by atoms with Crippen molar-refractivity contribution in [3.8, 4) is 22.8 Å². The maximum absolute atomic E-state index is 14.7. The van der Waals surface area contributed by atoms with Crippen LogP contribution in [-0.2, 0) is 7.05 Å². The number of nitrogens with zero attached hydrogens (tertiary/aromatic N) is 1. The summed E-state index contributed by atoms with van der Waals surface area (Å²) in [5, 5.41) is 5.71. The van der Waals surface area contributed by atoms with Gasteiger partial charge in [-0.25, -0.2) is 8.96 Å². The van der Waals surface area contributed by atoms with Crippen LogP contribution in [0.3, 0.4) is 0 Å². The third-order valence-electron chi connectivity index (χ3n) is 5.90. The summed E-state index contributed by atoms with van der Waals surface area (Å²) in [6.45, 7) is 2.13. The van der Waals surface area contributed by atoms with E-state index in [0.717, 1.165) is 44.3 Å². The average molecular weight is 366 g/mol. The minimum atomic E-state index is -0.204. The molecule has 0 unspecified atom stereocenters. The van der Waals surface area contributed by atoms with Gasteiger partial charge in [0, 0.05) is 16.8 Å². The van der Waals surface area contributed by atoms with Crippen LogP contribution in [0.25, 0.3) is 43.6 Å². The van der Waals surface area contributed by atoms with Gasteiger partial charge >= 0.3 is 0 Å². The van der Waals surface area contributed by atoms with Crippen LogP contribution in [0.5, 0.6) is 11.5 Å². The number of ether oxygens (including phenoxy) is 1. The zero-order valence-corrected chi connectivity index (χ0v) is 15.6. The first-order valence-corrected chi connectivity index (χ1v) is 9.37. The molecule has 6 rings (SSSR count). The molecule has 0 aliphatic carbocycles. The summed E-state index contributed by atoms with van der Waals surface area (Å²) in [7, 11) is 2.04. The second-order valence-corrected chi connectivity index (χ2v) is 7.47. The van der Waals surface area contributed by atoms with E-state index in [-0.39, 0.29) is 5.82 Å². The van der Waals surface area contributed by atoms with E-state index in [0.29, 0.717) is 5.39 Å². The largest absolute Gasteiger partial charge is 0.456 e. The van der Waals surface area contributed by atoms with E-state index in [9.17, 15) is 4.39 Å².